The lowest BCUT2D eigenvalue weighted by Crippen LogP contribution is -2.34. The second kappa shape index (κ2) is 2.19. The van der Waals surface area contributed by atoms with E-state index in [1.54, 1.807) is 12.2 Å². The van der Waals surface area contributed by atoms with E-state index in [0.717, 1.165) is 6.42 Å². The van der Waals surface area contributed by atoms with Crippen LogP contribution in [0.3, 0.4) is 0 Å². The molecule has 4 atom stereocenters. The van der Waals surface area contributed by atoms with Crippen molar-refractivity contribution in [3.8, 4) is 0 Å². The fraction of sp³-hybridized carbons (Fsp3) is 0.455. The van der Waals surface area contributed by atoms with Gasteiger partial charge in [0.25, 0.3) is 0 Å². The highest BCUT2D eigenvalue weighted by Crippen LogP contribution is 2.50. The summed E-state index contributed by atoms with van der Waals surface area (Å²) in [5.74, 6) is 1.43. The first-order chi connectivity index (χ1) is 6.27. The van der Waals surface area contributed by atoms with Crippen molar-refractivity contribution >= 4 is 11.5 Å². The third-order valence-electron chi connectivity index (χ3n) is 3.57. The van der Waals surface area contributed by atoms with Gasteiger partial charge < -0.3 is 5.41 Å². The van der Waals surface area contributed by atoms with Crippen molar-refractivity contribution in [2.45, 2.75) is 6.42 Å². The van der Waals surface area contributed by atoms with Crippen LogP contribution < -0.4 is 0 Å². The number of ketones is 1. The Morgan fingerprint density at radius 1 is 1.15 bits per heavy atom. The smallest absolute Gasteiger partial charge is 0.160 e. The van der Waals surface area contributed by atoms with Gasteiger partial charge in [-0.2, -0.15) is 0 Å². The van der Waals surface area contributed by atoms with Gasteiger partial charge in [-0.15, -0.1) is 0 Å². The highest BCUT2D eigenvalue weighted by Gasteiger charge is 2.49. The Balaban J connectivity index is 2.09. The first-order valence-corrected chi connectivity index (χ1v) is 4.76. The number of hydrogen-bond donors (Lipinski definition) is 1. The number of carbonyl (C=O) groups is 1. The second-order valence-corrected chi connectivity index (χ2v) is 4.19. The van der Waals surface area contributed by atoms with Crippen LogP contribution in [0.15, 0.2) is 24.3 Å². The maximum absolute atomic E-state index is 11.6. The summed E-state index contributed by atoms with van der Waals surface area (Å²) in [7, 11) is 0. The van der Waals surface area contributed by atoms with Crippen molar-refractivity contribution in [2.24, 2.45) is 23.7 Å². The predicted molar refractivity (Wildman–Crippen MR) is 49.6 cm³/mol. The quantitative estimate of drug-likeness (QED) is 0.555. The minimum absolute atomic E-state index is 0.104. The number of carbonyl (C=O) groups excluding carboxylic acids is 1. The molecule has 0 spiro atoms. The molecule has 13 heavy (non-hydrogen) atoms. The fourth-order valence-electron chi connectivity index (χ4n) is 3.03. The van der Waals surface area contributed by atoms with Gasteiger partial charge in [0.05, 0.1) is 0 Å². The number of fused-ring (bicyclic) bond motifs is 5. The fourth-order valence-corrected chi connectivity index (χ4v) is 3.03. The Morgan fingerprint density at radius 2 is 1.85 bits per heavy atom. The average Bonchev–Trinajstić information content (AvgIpc) is 2.70. The third kappa shape index (κ3) is 0.781. The van der Waals surface area contributed by atoms with Crippen LogP contribution in [0.4, 0.5) is 0 Å². The summed E-state index contributed by atoms with van der Waals surface area (Å²) in [5.41, 5.74) is 0.654. The van der Waals surface area contributed by atoms with E-state index in [2.05, 4.69) is 12.2 Å². The molecular weight excluding hydrogens is 162 g/mol. The molecule has 0 heterocycles. The molecule has 4 unspecified atom stereocenters. The Kier molecular flexibility index (Phi) is 1.22. The molecule has 1 N–H and O–H groups in total. The Hall–Kier alpha value is -1.18. The topological polar surface area (TPSA) is 40.9 Å². The zero-order valence-electron chi connectivity index (χ0n) is 7.23. The van der Waals surface area contributed by atoms with Crippen molar-refractivity contribution in [3.63, 3.8) is 0 Å². The molecule has 0 radical (unpaired) electrons. The van der Waals surface area contributed by atoms with Gasteiger partial charge in [0.1, 0.15) is 0 Å². The standard InChI is InChI=1S/C11H11NO/c12-8-3-4-9(13)11-7-2-1-6(5-7)10(8)11/h1-4,6-7,10-12H,5H2. The molecule has 0 amide bonds. The van der Waals surface area contributed by atoms with Gasteiger partial charge >= 0.3 is 0 Å². The van der Waals surface area contributed by atoms with E-state index in [1.165, 1.54) is 0 Å². The molecule has 1 saturated carbocycles. The van der Waals surface area contributed by atoms with E-state index < -0.39 is 0 Å². The molecule has 2 nitrogen and oxygen atoms in total. The number of rotatable bonds is 0. The van der Waals surface area contributed by atoms with Crippen molar-refractivity contribution in [2.75, 3.05) is 0 Å². The summed E-state index contributed by atoms with van der Waals surface area (Å²) in [4.78, 5) is 11.6. The second-order valence-electron chi connectivity index (χ2n) is 4.19. The van der Waals surface area contributed by atoms with Crippen LogP contribution in [0.25, 0.3) is 0 Å². The third-order valence-corrected chi connectivity index (χ3v) is 3.57. The van der Waals surface area contributed by atoms with Crippen LogP contribution in [0.5, 0.6) is 0 Å². The minimum atomic E-state index is 0.104. The van der Waals surface area contributed by atoms with Gasteiger partial charge in [0.2, 0.25) is 0 Å². The van der Waals surface area contributed by atoms with Crippen LogP contribution >= 0.6 is 0 Å². The van der Waals surface area contributed by atoms with Crippen LogP contribution in [-0.4, -0.2) is 11.5 Å². The normalized spacial score (nSPS) is 45.8. The monoisotopic (exact) mass is 173 g/mol. The Morgan fingerprint density at radius 3 is 2.54 bits per heavy atom. The summed E-state index contributed by atoms with van der Waals surface area (Å²) < 4.78 is 0. The molecule has 0 aromatic carbocycles. The highest BCUT2D eigenvalue weighted by atomic mass is 16.1. The first kappa shape index (κ1) is 7.25. The molecule has 0 aromatic rings. The molecular formula is C11H11NO. The van der Waals surface area contributed by atoms with Crippen LogP contribution in [0.1, 0.15) is 6.42 Å². The maximum atomic E-state index is 11.6. The number of allylic oxidation sites excluding steroid dienone is 4. The number of hydrogen-bond acceptors (Lipinski definition) is 2. The average molecular weight is 173 g/mol. The highest BCUT2D eigenvalue weighted by molar-refractivity contribution is 6.09. The largest absolute Gasteiger partial charge is 0.305 e. The summed E-state index contributed by atoms with van der Waals surface area (Å²) in [6.07, 6.45) is 8.70. The van der Waals surface area contributed by atoms with Gasteiger partial charge in [0.15, 0.2) is 5.78 Å². The molecule has 2 heteroatoms. The SMILES string of the molecule is N=C1C=CC(=O)C2C3C=CC(C3)C12. The zero-order valence-corrected chi connectivity index (χ0v) is 7.23. The van der Waals surface area contributed by atoms with E-state index in [4.69, 9.17) is 5.41 Å². The van der Waals surface area contributed by atoms with Crippen molar-refractivity contribution in [3.05, 3.63) is 24.3 Å². The van der Waals surface area contributed by atoms with Crippen LogP contribution in [0.2, 0.25) is 0 Å². The van der Waals surface area contributed by atoms with Crippen molar-refractivity contribution in [1.82, 2.24) is 0 Å². The van der Waals surface area contributed by atoms with E-state index >= 15 is 0 Å². The lowest BCUT2D eigenvalue weighted by atomic mass is 9.74. The van der Waals surface area contributed by atoms with Gasteiger partial charge in [-0.3, -0.25) is 4.79 Å². The van der Waals surface area contributed by atoms with Crippen LogP contribution in [0, 0.1) is 29.1 Å². The van der Waals surface area contributed by atoms with Crippen molar-refractivity contribution < 1.29 is 4.79 Å². The lowest BCUT2D eigenvalue weighted by Gasteiger charge is -2.28. The van der Waals surface area contributed by atoms with E-state index in [0.29, 0.717) is 17.5 Å². The zero-order chi connectivity index (χ0) is 9.00. The Bertz CT molecular complexity index is 321. The van der Waals surface area contributed by atoms with E-state index in [-0.39, 0.29) is 17.6 Å². The molecule has 3 aliphatic rings. The molecule has 0 saturated heterocycles. The lowest BCUT2D eigenvalue weighted by molar-refractivity contribution is -0.119. The summed E-state index contributed by atoms with van der Waals surface area (Å²) in [6.45, 7) is 0. The van der Waals surface area contributed by atoms with Gasteiger partial charge in [-0.05, 0) is 30.4 Å². The maximum Gasteiger partial charge on any atom is 0.160 e. The van der Waals surface area contributed by atoms with Crippen molar-refractivity contribution in [1.29, 1.82) is 5.41 Å². The van der Waals surface area contributed by atoms with Gasteiger partial charge in [-0.1, -0.05) is 12.2 Å². The molecule has 66 valence electrons. The summed E-state index contributed by atoms with van der Waals surface area (Å²) in [5, 5.41) is 7.79. The molecule has 3 rings (SSSR count). The van der Waals surface area contributed by atoms with E-state index in [9.17, 15) is 4.79 Å². The molecule has 1 fully saturated rings. The van der Waals surface area contributed by atoms with Gasteiger partial charge in [0, 0.05) is 17.5 Å². The summed E-state index contributed by atoms with van der Waals surface area (Å²) >= 11 is 0. The molecule has 0 aromatic heterocycles. The molecule has 0 aliphatic heterocycles. The van der Waals surface area contributed by atoms with E-state index in [1.807, 2.05) is 0 Å². The Labute approximate surface area is 76.8 Å². The molecule has 2 bridgehead atoms. The molecule has 3 aliphatic carbocycles. The van der Waals surface area contributed by atoms with Gasteiger partial charge in [-0.25, -0.2) is 0 Å². The van der Waals surface area contributed by atoms with Crippen LogP contribution in [-0.2, 0) is 4.79 Å². The predicted octanol–water partition coefficient (Wildman–Crippen LogP) is 1.58. The minimum Gasteiger partial charge on any atom is -0.305 e. The summed E-state index contributed by atoms with van der Waals surface area (Å²) in [6, 6.07) is 0. The number of nitrogens with one attached hydrogen (secondary N) is 1. The first-order valence-electron chi connectivity index (χ1n) is 4.76.